The van der Waals surface area contributed by atoms with E-state index in [1.807, 2.05) is 27.3 Å². The second kappa shape index (κ2) is 8.17. The topological polar surface area (TPSA) is 40.6 Å². The molecule has 116 valence electrons. The summed E-state index contributed by atoms with van der Waals surface area (Å²) in [6.45, 7) is 4.99. The summed E-state index contributed by atoms with van der Waals surface area (Å²) in [4.78, 5) is 29.3. The van der Waals surface area contributed by atoms with E-state index in [4.69, 9.17) is 0 Å². The minimum atomic E-state index is 0.181. The second-order valence-corrected chi connectivity index (χ2v) is 6.51. The Kier molecular flexibility index (Phi) is 6.23. The largest absolute Gasteiger partial charge is 0.341 e. The summed E-state index contributed by atoms with van der Waals surface area (Å²) >= 11 is 1.62. The minimum Gasteiger partial charge on any atom is -0.341 e. The van der Waals surface area contributed by atoms with Crippen LogP contribution in [0.3, 0.4) is 0 Å². The van der Waals surface area contributed by atoms with E-state index in [1.54, 1.807) is 11.3 Å². The molecule has 21 heavy (non-hydrogen) atoms. The molecule has 0 N–H and O–H groups in total. The molecule has 0 atom stereocenters. The zero-order valence-electron chi connectivity index (χ0n) is 12.7. The molecule has 0 saturated carbocycles. The average molecular weight is 308 g/mol. The molecule has 2 amide bonds. The molecule has 1 aliphatic rings. The Morgan fingerprint density at radius 1 is 1.14 bits per heavy atom. The Balaban J connectivity index is 1.82. The normalized spacial score (nSPS) is 15.9. The van der Waals surface area contributed by atoms with Crippen molar-refractivity contribution in [2.24, 2.45) is 0 Å². The van der Waals surface area contributed by atoms with Gasteiger partial charge < -0.3 is 9.80 Å². The van der Waals surface area contributed by atoms with E-state index in [9.17, 15) is 9.59 Å². The SMILES string of the molecule is CCCCC(=O)N1CCCN(C(=O)Cc2cccs2)CC1. The summed E-state index contributed by atoms with van der Waals surface area (Å²) in [5.74, 6) is 0.421. The fraction of sp³-hybridized carbons (Fsp3) is 0.625. The Morgan fingerprint density at radius 3 is 2.48 bits per heavy atom. The molecular formula is C16H24N2O2S. The first-order valence-electron chi connectivity index (χ1n) is 7.78. The molecule has 1 aromatic heterocycles. The number of thiophene rings is 1. The summed E-state index contributed by atoms with van der Waals surface area (Å²) < 4.78 is 0. The molecule has 1 saturated heterocycles. The monoisotopic (exact) mass is 308 g/mol. The molecule has 0 unspecified atom stereocenters. The maximum Gasteiger partial charge on any atom is 0.227 e. The highest BCUT2D eigenvalue weighted by Crippen LogP contribution is 2.13. The first kappa shape index (κ1) is 16.0. The van der Waals surface area contributed by atoms with Crippen molar-refractivity contribution in [3.63, 3.8) is 0 Å². The van der Waals surface area contributed by atoms with Crippen LogP contribution in [0.1, 0.15) is 37.5 Å². The molecule has 1 fully saturated rings. The van der Waals surface area contributed by atoms with Gasteiger partial charge in [-0.1, -0.05) is 19.4 Å². The predicted octanol–water partition coefficient (Wildman–Crippen LogP) is 2.54. The van der Waals surface area contributed by atoms with Crippen LogP contribution in [0.5, 0.6) is 0 Å². The molecular weight excluding hydrogens is 284 g/mol. The van der Waals surface area contributed by atoms with Gasteiger partial charge in [-0.05, 0) is 24.3 Å². The third kappa shape index (κ3) is 4.84. The van der Waals surface area contributed by atoms with E-state index >= 15 is 0 Å². The van der Waals surface area contributed by atoms with Gasteiger partial charge in [0.05, 0.1) is 6.42 Å². The first-order valence-corrected chi connectivity index (χ1v) is 8.66. The molecule has 5 heteroatoms. The lowest BCUT2D eigenvalue weighted by Crippen LogP contribution is -2.37. The zero-order chi connectivity index (χ0) is 15.1. The van der Waals surface area contributed by atoms with Gasteiger partial charge in [-0.2, -0.15) is 0 Å². The number of hydrogen-bond acceptors (Lipinski definition) is 3. The Labute approximate surface area is 130 Å². The summed E-state index contributed by atoms with van der Waals surface area (Å²) in [5.41, 5.74) is 0. The highest BCUT2D eigenvalue weighted by atomic mass is 32.1. The molecule has 0 aliphatic carbocycles. The lowest BCUT2D eigenvalue weighted by atomic mass is 10.2. The van der Waals surface area contributed by atoms with Gasteiger partial charge in [-0.25, -0.2) is 0 Å². The highest BCUT2D eigenvalue weighted by molar-refractivity contribution is 7.10. The van der Waals surface area contributed by atoms with Crippen LogP contribution in [-0.4, -0.2) is 47.8 Å². The molecule has 0 spiro atoms. The Morgan fingerprint density at radius 2 is 1.86 bits per heavy atom. The van der Waals surface area contributed by atoms with Crippen molar-refractivity contribution >= 4 is 23.2 Å². The first-order chi connectivity index (χ1) is 10.2. The van der Waals surface area contributed by atoms with Gasteiger partial charge in [0.25, 0.3) is 0 Å². The van der Waals surface area contributed by atoms with Crippen LogP contribution in [0.2, 0.25) is 0 Å². The highest BCUT2D eigenvalue weighted by Gasteiger charge is 2.21. The van der Waals surface area contributed by atoms with Crippen molar-refractivity contribution in [3.05, 3.63) is 22.4 Å². The third-order valence-corrected chi connectivity index (χ3v) is 4.73. The van der Waals surface area contributed by atoms with Crippen molar-refractivity contribution in [1.82, 2.24) is 9.80 Å². The number of carbonyl (C=O) groups excluding carboxylic acids is 2. The summed E-state index contributed by atoms with van der Waals surface area (Å²) in [6.07, 6.45) is 4.01. The van der Waals surface area contributed by atoms with Crippen LogP contribution in [-0.2, 0) is 16.0 Å². The van der Waals surface area contributed by atoms with Crippen LogP contribution in [0, 0.1) is 0 Å². The van der Waals surface area contributed by atoms with Gasteiger partial charge in [0.2, 0.25) is 11.8 Å². The van der Waals surface area contributed by atoms with Crippen LogP contribution in [0.15, 0.2) is 17.5 Å². The van der Waals surface area contributed by atoms with E-state index < -0.39 is 0 Å². The molecule has 4 nitrogen and oxygen atoms in total. The second-order valence-electron chi connectivity index (χ2n) is 5.47. The number of carbonyl (C=O) groups is 2. The quantitative estimate of drug-likeness (QED) is 0.839. The summed E-state index contributed by atoms with van der Waals surface area (Å²) in [5, 5.41) is 2.00. The fourth-order valence-corrected chi connectivity index (χ4v) is 3.27. The Hall–Kier alpha value is -1.36. The maximum atomic E-state index is 12.3. The van der Waals surface area contributed by atoms with Crippen molar-refractivity contribution in [3.8, 4) is 0 Å². The molecule has 1 aliphatic heterocycles. The molecule has 0 aromatic carbocycles. The minimum absolute atomic E-state index is 0.181. The van der Waals surface area contributed by atoms with Gasteiger partial charge in [-0.3, -0.25) is 9.59 Å². The van der Waals surface area contributed by atoms with Gasteiger partial charge in [0, 0.05) is 37.5 Å². The molecule has 2 rings (SSSR count). The average Bonchev–Trinajstić information content (AvgIpc) is 2.86. The third-order valence-electron chi connectivity index (χ3n) is 3.85. The van der Waals surface area contributed by atoms with Crippen molar-refractivity contribution in [2.75, 3.05) is 26.2 Å². The maximum absolute atomic E-state index is 12.3. The molecule has 0 bridgehead atoms. The zero-order valence-corrected chi connectivity index (χ0v) is 13.5. The van der Waals surface area contributed by atoms with Gasteiger partial charge in [0.15, 0.2) is 0 Å². The lowest BCUT2D eigenvalue weighted by molar-refractivity contribution is -0.133. The van der Waals surface area contributed by atoms with Crippen LogP contribution in [0.25, 0.3) is 0 Å². The smallest absolute Gasteiger partial charge is 0.227 e. The number of unbranched alkanes of at least 4 members (excludes halogenated alkanes) is 1. The molecule has 2 heterocycles. The lowest BCUT2D eigenvalue weighted by Gasteiger charge is -2.22. The standard InChI is InChI=1S/C16H24N2O2S/c1-2-3-7-15(19)17-8-5-9-18(11-10-17)16(20)13-14-6-4-12-21-14/h4,6,12H,2-3,5,7-11,13H2,1H3. The molecule has 0 radical (unpaired) electrons. The van der Waals surface area contributed by atoms with E-state index in [2.05, 4.69) is 6.92 Å². The number of rotatable bonds is 5. The van der Waals surface area contributed by atoms with Gasteiger partial charge in [0.1, 0.15) is 0 Å². The van der Waals surface area contributed by atoms with E-state index in [1.165, 1.54) is 0 Å². The number of nitrogens with zero attached hydrogens (tertiary/aromatic N) is 2. The number of hydrogen-bond donors (Lipinski definition) is 0. The summed E-state index contributed by atoms with van der Waals surface area (Å²) in [6, 6.07) is 3.98. The van der Waals surface area contributed by atoms with E-state index in [-0.39, 0.29) is 11.8 Å². The van der Waals surface area contributed by atoms with Crippen molar-refractivity contribution in [1.29, 1.82) is 0 Å². The van der Waals surface area contributed by atoms with Crippen molar-refractivity contribution in [2.45, 2.75) is 39.0 Å². The van der Waals surface area contributed by atoms with E-state index in [0.29, 0.717) is 25.9 Å². The van der Waals surface area contributed by atoms with Crippen LogP contribution in [0.4, 0.5) is 0 Å². The molecule has 1 aromatic rings. The number of amides is 2. The van der Waals surface area contributed by atoms with E-state index in [0.717, 1.165) is 37.2 Å². The fourth-order valence-electron chi connectivity index (χ4n) is 2.58. The van der Waals surface area contributed by atoms with Crippen LogP contribution >= 0.6 is 11.3 Å². The predicted molar refractivity (Wildman–Crippen MR) is 85.3 cm³/mol. The van der Waals surface area contributed by atoms with Crippen LogP contribution < -0.4 is 0 Å². The van der Waals surface area contributed by atoms with Gasteiger partial charge >= 0.3 is 0 Å². The van der Waals surface area contributed by atoms with Crippen molar-refractivity contribution < 1.29 is 9.59 Å². The Bertz CT molecular complexity index is 459. The van der Waals surface area contributed by atoms with Gasteiger partial charge in [-0.15, -0.1) is 11.3 Å². The summed E-state index contributed by atoms with van der Waals surface area (Å²) in [7, 11) is 0.